The third-order valence-corrected chi connectivity index (χ3v) is 13.5. The number of phenols is 2. The highest BCUT2D eigenvalue weighted by molar-refractivity contribution is 5.92. The number of unbranched alkanes of at least 4 members (excludes halogenated alkanes) is 1. The maximum Gasteiger partial charge on any atom is 0.332 e. The molecule has 0 aliphatic carbocycles. The first-order valence-corrected chi connectivity index (χ1v) is 32.1. The summed E-state index contributed by atoms with van der Waals surface area (Å²) < 4.78 is 10.7. The molecule has 0 saturated carbocycles. The van der Waals surface area contributed by atoms with Crippen molar-refractivity contribution in [2.75, 3.05) is 33.0 Å². The third kappa shape index (κ3) is 63.3. The summed E-state index contributed by atoms with van der Waals surface area (Å²) in [6.45, 7) is 52.6. The van der Waals surface area contributed by atoms with Gasteiger partial charge in [-0.15, -0.1) is 0 Å². The molecule has 0 aromatic heterocycles. The molecular formula is C72H133NO17. The number of phenolic OH excluding ortho intramolecular Hbond substituents is 2. The van der Waals surface area contributed by atoms with Crippen LogP contribution in [0, 0.1) is 63.6 Å². The minimum atomic E-state index is -1.26. The monoisotopic (exact) mass is 1280 g/mol. The first-order valence-electron chi connectivity index (χ1n) is 32.1. The average Bonchev–Trinajstić information content (AvgIpc) is 2.19. The SMILES string of the molecule is CC(C)(C)CC(O)CO.CC(C)(C)CCC(C(=O)O)C(=O)O.CC(C)(C)CCC(O)C(=O)O.CC(C)(C)CCCCC(N)C(=O)O.CCCOCCOCCC(C)(C)C.Cc1ccc(CC(C(=O)O)C(C)(C)C)cc1O.Cc1ccc(CCC(C)(C)C)cc1O. The number of carboxylic acid groups (broad SMARTS) is 5. The van der Waals surface area contributed by atoms with Gasteiger partial charge in [-0.05, 0) is 163 Å². The van der Waals surface area contributed by atoms with Crippen molar-refractivity contribution in [2.24, 2.45) is 55.5 Å². The number of rotatable bonds is 26. The van der Waals surface area contributed by atoms with Crippen molar-refractivity contribution in [1.29, 1.82) is 0 Å². The van der Waals surface area contributed by atoms with Crippen LogP contribution in [-0.4, -0.2) is 132 Å². The molecule has 0 saturated heterocycles. The first kappa shape index (κ1) is 93.9. The van der Waals surface area contributed by atoms with E-state index in [1.54, 1.807) is 6.07 Å². The van der Waals surface area contributed by atoms with Gasteiger partial charge in [-0.1, -0.05) is 189 Å². The Morgan fingerprint density at radius 1 is 0.478 bits per heavy atom. The van der Waals surface area contributed by atoms with Crippen LogP contribution in [0.5, 0.6) is 11.5 Å². The topological polar surface area (TPSA) is 332 Å². The Hall–Kier alpha value is -4.85. The summed E-state index contributed by atoms with van der Waals surface area (Å²) in [5, 5.41) is 88.6. The molecule has 4 atom stereocenters. The zero-order valence-corrected chi connectivity index (χ0v) is 60.7. The molecule has 4 unspecified atom stereocenters. The lowest BCUT2D eigenvalue weighted by atomic mass is 9.77. The number of aromatic hydroxyl groups is 2. The largest absolute Gasteiger partial charge is 0.508 e. The highest BCUT2D eigenvalue weighted by Crippen LogP contribution is 2.31. The molecule has 18 nitrogen and oxygen atoms in total. The van der Waals surface area contributed by atoms with Gasteiger partial charge in [0.05, 0.1) is 31.8 Å². The van der Waals surface area contributed by atoms with Gasteiger partial charge in [-0.25, -0.2) is 4.79 Å². The van der Waals surface area contributed by atoms with E-state index in [0.29, 0.717) is 54.1 Å². The lowest BCUT2D eigenvalue weighted by Gasteiger charge is -2.27. The molecule has 2 rings (SSSR count). The normalized spacial score (nSPS) is 13.2. The van der Waals surface area contributed by atoms with E-state index in [0.717, 1.165) is 94.5 Å². The molecule has 0 aliphatic rings. The van der Waals surface area contributed by atoms with Crippen LogP contribution in [0.25, 0.3) is 0 Å². The number of aliphatic hydroxyl groups is 3. The number of ether oxygens (including phenoxy) is 2. The number of carboxylic acids is 5. The predicted molar refractivity (Wildman–Crippen MR) is 364 cm³/mol. The summed E-state index contributed by atoms with van der Waals surface area (Å²) in [7, 11) is 0. The van der Waals surface area contributed by atoms with Crippen molar-refractivity contribution in [3.63, 3.8) is 0 Å². The Kier molecular flexibility index (Phi) is 48.2. The number of aliphatic hydroxyl groups excluding tert-OH is 3. The number of nitrogens with two attached hydrogens (primary N) is 1. The van der Waals surface area contributed by atoms with Gasteiger partial charge in [0.1, 0.15) is 17.5 Å². The van der Waals surface area contributed by atoms with Crippen LogP contribution < -0.4 is 5.73 Å². The summed E-state index contributed by atoms with van der Waals surface area (Å²) in [6, 6.07) is 10.6. The smallest absolute Gasteiger partial charge is 0.332 e. The van der Waals surface area contributed by atoms with E-state index in [-0.39, 0.29) is 40.4 Å². The number of carbonyl (C=O) groups is 5. The van der Waals surface area contributed by atoms with Crippen molar-refractivity contribution in [1.82, 2.24) is 0 Å². The van der Waals surface area contributed by atoms with E-state index >= 15 is 0 Å². The van der Waals surface area contributed by atoms with Crippen LogP contribution in [0.2, 0.25) is 0 Å². The van der Waals surface area contributed by atoms with Crippen LogP contribution in [0.1, 0.15) is 252 Å². The second kappa shape index (κ2) is 46.3. The van der Waals surface area contributed by atoms with Gasteiger partial charge in [0.2, 0.25) is 0 Å². The van der Waals surface area contributed by atoms with Crippen molar-refractivity contribution in [2.45, 2.75) is 274 Å². The van der Waals surface area contributed by atoms with Crippen molar-refractivity contribution in [3.8, 4) is 11.5 Å². The third-order valence-electron chi connectivity index (χ3n) is 13.5. The zero-order valence-electron chi connectivity index (χ0n) is 60.7. The maximum atomic E-state index is 11.2. The predicted octanol–water partition coefficient (Wildman–Crippen LogP) is 15.2. The fourth-order valence-corrected chi connectivity index (χ4v) is 7.49. The van der Waals surface area contributed by atoms with E-state index in [1.807, 2.05) is 121 Å². The summed E-state index contributed by atoms with van der Waals surface area (Å²) >= 11 is 0. The van der Waals surface area contributed by atoms with Crippen LogP contribution in [0.3, 0.4) is 0 Å². The van der Waals surface area contributed by atoms with E-state index in [1.165, 1.54) is 5.56 Å². The Bertz CT molecular complexity index is 2230. The van der Waals surface area contributed by atoms with Crippen LogP contribution in [0.4, 0.5) is 0 Å². The second-order valence-electron chi connectivity index (χ2n) is 31.9. The second-order valence-corrected chi connectivity index (χ2v) is 31.9. The fourth-order valence-electron chi connectivity index (χ4n) is 7.49. The van der Waals surface area contributed by atoms with Gasteiger partial charge in [0.25, 0.3) is 0 Å². The summed E-state index contributed by atoms with van der Waals surface area (Å²) in [4.78, 5) is 52.7. The van der Waals surface area contributed by atoms with Gasteiger partial charge < -0.3 is 66.3 Å². The average molecular weight is 1280 g/mol. The Balaban J connectivity index is -0.000000314. The number of aliphatic carboxylic acids is 5. The molecule has 12 N–H and O–H groups in total. The molecule has 0 bridgehead atoms. The minimum absolute atomic E-state index is 0.0247. The maximum absolute atomic E-state index is 11.2. The van der Waals surface area contributed by atoms with E-state index in [9.17, 15) is 39.3 Å². The van der Waals surface area contributed by atoms with Crippen molar-refractivity contribution < 1.29 is 84.5 Å². The standard InChI is InChI=1S/C14H20O3.C13H20O.C11H24O2.C10H21NO2.C9H16O4.C8H16O3.C7H16O2/c1-9-5-6-10(8-12(9)15)7-11(13(16)17)14(2,3)4;1-10-5-6-11(9-12(10)14)7-8-13(2,3)4;1-5-7-12-9-10-13-8-6-11(2,3)4;1-10(2,3)7-5-4-6-8(11)9(12)13;1-9(2,3)5-4-6(7(10)11)8(12)13;1-8(2,3)5-4-6(9)7(10)11;1-7(2,3)4-6(9)5-8/h5-6,8,11,15H,7H2,1-4H3,(H,16,17);5-6,9,14H,7-8H2,1-4H3;5-10H2,1-4H3;8H,4-7,11H2,1-3H3,(H,12,13);6H,4-5H2,1-3H3,(H,10,11)(H,12,13);6,9H,4-5H2,1-3H3,(H,10,11);6,8-9H,4-5H2,1-3H3. The lowest BCUT2D eigenvalue weighted by molar-refractivity contribution is -0.155. The quantitative estimate of drug-likeness (QED) is 0.0308. The van der Waals surface area contributed by atoms with Crippen LogP contribution in [0.15, 0.2) is 36.4 Å². The molecular weight excluding hydrogens is 1150 g/mol. The van der Waals surface area contributed by atoms with Gasteiger partial charge >= 0.3 is 29.8 Å². The van der Waals surface area contributed by atoms with Gasteiger partial charge in [-0.2, -0.15) is 0 Å². The Morgan fingerprint density at radius 2 is 0.889 bits per heavy atom. The molecule has 0 amide bonds. The molecule has 18 heteroatoms. The van der Waals surface area contributed by atoms with Gasteiger partial charge in [0, 0.05) is 13.2 Å². The first-order chi connectivity index (χ1) is 40.5. The van der Waals surface area contributed by atoms with Gasteiger partial charge in [0.15, 0.2) is 12.0 Å². The van der Waals surface area contributed by atoms with Crippen LogP contribution in [-0.2, 0) is 46.3 Å². The molecule has 2 aromatic carbocycles. The minimum Gasteiger partial charge on any atom is -0.508 e. The number of aryl methyl sites for hydroxylation is 3. The highest BCUT2D eigenvalue weighted by atomic mass is 16.5. The van der Waals surface area contributed by atoms with Crippen molar-refractivity contribution in [3.05, 3.63) is 58.7 Å². The molecule has 0 fully saturated rings. The summed E-state index contributed by atoms with van der Waals surface area (Å²) in [5.41, 5.74) is 10.2. The van der Waals surface area contributed by atoms with Crippen molar-refractivity contribution >= 4 is 29.8 Å². The summed E-state index contributed by atoms with van der Waals surface area (Å²) in [6.07, 6.45) is 9.24. The molecule has 90 heavy (non-hydrogen) atoms. The van der Waals surface area contributed by atoms with E-state index < -0.39 is 59.9 Å². The molecule has 0 radical (unpaired) electrons. The summed E-state index contributed by atoms with van der Waals surface area (Å²) in [5.74, 6) is -6.41. The Labute approximate surface area is 545 Å². The molecule has 528 valence electrons. The molecule has 2 aromatic rings. The lowest BCUT2D eigenvalue weighted by Crippen LogP contribution is -2.30. The number of hydrogen-bond donors (Lipinski definition) is 11. The number of benzene rings is 2. The van der Waals surface area contributed by atoms with Crippen LogP contribution >= 0.6 is 0 Å². The van der Waals surface area contributed by atoms with E-state index in [2.05, 4.69) is 75.3 Å². The fraction of sp³-hybridized carbons (Fsp3) is 0.764. The van der Waals surface area contributed by atoms with E-state index in [4.69, 9.17) is 51.0 Å². The molecule has 0 spiro atoms. The zero-order chi connectivity index (χ0) is 71.8. The Morgan fingerprint density at radius 3 is 1.22 bits per heavy atom. The molecule has 0 aliphatic heterocycles. The van der Waals surface area contributed by atoms with Gasteiger partial charge in [-0.3, -0.25) is 19.2 Å². The number of hydrogen-bond acceptors (Lipinski definition) is 13. The highest BCUT2D eigenvalue weighted by Gasteiger charge is 2.31. The molecule has 0 heterocycles.